The van der Waals surface area contributed by atoms with Crippen LogP contribution in [0.2, 0.25) is 0 Å². The van der Waals surface area contributed by atoms with Gasteiger partial charge in [-0.25, -0.2) is 13.1 Å². The van der Waals surface area contributed by atoms with Crippen LogP contribution in [0, 0.1) is 5.41 Å². The zero-order valence-corrected chi connectivity index (χ0v) is 15.0. The van der Waals surface area contributed by atoms with Crippen LogP contribution in [0.4, 0.5) is 0 Å². The molecule has 0 saturated heterocycles. The van der Waals surface area contributed by atoms with Crippen molar-refractivity contribution in [2.75, 3.05) is 13.6 Å². The monoisotopic (exact) mass is 374 g/mol. The van der Waals surface area contributed by atoms with Crippen molar-refractivity contribution in [2.24, 2.45) is 5.41 Å². The molecule has 0 spiro atoms. The summed E-state index contributed by atoms with van der Waals surface area (Å²) in [5, 5.41) is 3.05. The fourth-order valence-corrected chi connectivity index (χ4v) is 4.90. The van der Waals surface area contributed by atoms with Crippen LogP contribution in [-0.2, 0) is 16.6 Å². The second-order valence-electron chi connectivity index (χ2n) is 5.87. The lowest BCUT2D eigenvalue weighted by molar-refractivity contribution is 0.449. The first-order chi connectivity index (χ1) is 9.92. The lowest BCUT2D eigenvalue weighted by atomic mass is 10.0. The molecular weight excluding hydrogens is 352 g/mol. The van der Waals surface area contributed by atoms with Crippen LogP contribution in [0.1, 0.15) is 38.2 Å². The number of sulfonamides is 1. The molecule has 4 nitrogen and oxygen atoms in total. The molecular formula is C15H23BrN2O2S. The summed E-state index contributed by atoms with van der Waals surface area (Å²) in [6, 6.07) is 5.36. The smallest absolute Gasteiger partial charge is 0.241 e. The minimum absolute atomic E-state index is 0.209. The molecule has 0 aliphatic heterocycles. The Balaban J connectivity index is 2.09. The van der Waals surface area contributed by atoms with E-state index in [1.807, 2.05) is 19.2 Å². The summed E-state index contributed by atoms with van der Waals surface area (Å²) >= 11 is 3.37. The van der Waals surface area contributed by atoms with Crippen molar-refractivity contribution in [3.8, 4) is 0 Å². The van der Waals surface area contributed by atoms with Gasteiger partial charge in [0, 0.05) is 17.6 Å². The van der Waals surface area contributed by atoms with E-state index in [-0.39, 0.29) is 5.41 Å². The van der Waals surface area contributed by atoms with Crippen molar-refractivity contribution in [3.63, 3.8) is 0 Å². The molecule has 0 amide bonds. The van der Waals surface area contributed by atoms with Crippen LogP contribution < -0.4 is 10.0 Å². The van der Waals surface area contributed by atoms with Crippen LogP contribution in [0.25, 0.3) is 0 Å². The lowest BCUT2D eigenvalue weighted by Crippen LogP contribution is -2.30. The first-order valence-electron chi connectivity index (χ1n) is 7.35. The van der Waals surface area contributed by atoms with E-state index in [9.17, 15) is 8.42 Å². The predicted molar refractivity (Wildman–Crippen MR) is 88.7 cm³/mol. The zero-order valence-electron chi connectivity index (χ0n) is 12.6. The van der Waals surface area contributed by atoms with Gasteiger partial charge < -0.3 is 5.32 Å². The molecule has 0 radical (unpaired) electrons. The normalized spacial score (nSPS) is 16.9. The first-order valence-corrected chi connectivity index (χ1v) is 9.63. The van der Waals surface area contributed by atoms with Crippen LogP contribution in [0.5, 0.6) is 0 Å². The quantitative estimate of drug-likeness (QED) is 0.734. The molecule has 118 valence electrons. The van der Waals surface area contributed by atoms with E-state index in [4.69, 9.17) is 0 Å². The first kappa shape index (κ1) is 16.9. The fraction of sp³-hybridized carbons (Fsp3) is 0.600. The molecule has 1 aliphatic carbocycles. The Hall–Kier alpha value is -0.430. The molecule has 0 heterocycles. The molecule has 1 aromatic rings. The van der Waals surface area contributed by atoms with Gasteiger partial charge in [-0.15, -0.1) is 0 Å². The lowest BCUT2D eigenvalue weighted by Gasteiger charge is -2.16. The summed E-state index contributed by atoms with van der Waals surface area (Å²) in [4.78, 5) is 0.314. The van der Waals surface area contributed by atoms with Crippen molar-refractivity contribution in [3.05, 3.63) is 28.2 Å². The molecule has 1 aliphatic rings. The van der Waals surface area contributed by atoms with Gasteiger partial charge in [0.05, 0.1) is 4.90 Å². The van der Waals surface area contributed by atoms with E-state index in [2.05, 4.69) is 32.9 Å². The third kappa shape index (κ3) is 4.28. The average Bonchev–Trinajstić information content (AvgIpc) is 3.18. The maximum absolute atomic E-state index is 12.4. The Kier molecular flexibility index (Phi) is 5.46. The van der Waals surface area contributed by atoms with Crippen molar-refractivity contribution < 1.29 is 8.42 Å². The minimum Gasteiger partial charge on any atom is -0.316 e. The van der Waals surface area contributed by atoms with Crippen LogP contribution in [0.3, 0.4) is 0 Å². The molecule has 2 N–H and O–H groups in total. The second-order valence-corrected chi connectivity index (χ2v) is 8.46. The highest BCUT2D eigenvalue weighted by Gasteiger charge is 2.42. The van der Waals surface area contributed by atoms with E-state index < -0.39 is 10.0 Å². The summed E-state index contributed by atoms with van der Waals surface area (Å²) in [5.41, 5.74) is 1.26. The molecule has 1 aromatic carbocycles. The van der Waals surface area contributed by atoms with Gasteiger partial charge in [0.15, 0.2) is 0 Å². The number of halogens is 1. The molecule has 0 atom stereocenters. The zero-order chi connectivity index (χ0) is 15.5. The van der Waals surface area contributed by atoms with Crippen LogP contribution >= 0.6 is 15.9 Å². The van der Waals surface area contributed by atoms with Gasteiger partial charge >= 0.3 is 0 Å². The number of hydrogen-bond acceptors (Lipinski definition) is 3. The van der Waals surface area contributed by atoms with Gasteiger partial charge in [-0.3, -0.25) is 0 Å². The molecule has 1 saturated carbocycles. The van der Waals surface area contributed by atoms with Gasteiger partial charge in [0.2, 0.25) is 10.0 Å². The van der Waals surface area contributed by atoms with Crippen molar-refractivity contribution in [1.29, 1.82) is 0 Å². The van der Waals surface area contributed by atoms with E-state index in [1.54, 1.807) is 6.07 Å². The molecule has 1 fully saturated rings. The average molecular weight is 375 g/mol. The maximum Gasteiger partial charge on any atom is 0.241 e. The van der Waals surface area contributed by atoms with E-state index in [0.717, 1.165) is 31.2 Å². The standard InChI is InChI=1S/C15H23BrN2O2S/c1-3-6-15(7-8-15)11-18-21(19,20)14-5-4-12(10-17-2)9-13(14)16/h4-5,9,17-18H,3,6-8,10-11H2,1-2H3. The van der Waals surface area contributed by atoms with Crippen molar-refractivity contribution in [2.45, 2.75) is 44.0 Å². The molecule has 0 aromatic heterocycles. The highest BCUT2D eigenvalue weighted by molar-refractivity contribution is 9.10. The SMILES string of the molecule is CCCC1(CNS(=O)(=O)c2ccc(CNC)cc2Br)CC1. The van der Waals surface area contributed by atoms with E-state index in [0.29, 0.717) is 22.5 Å². The third-order valence-corrected chi connectivity index (χ3v) is 6.42. The molecule has 0 unspecified atom stereocenters. The Morgan fingerprint density at radius 3 is 2.57 bits per heavy atom. The van der Waals surface area contributed by atoms with Gasteiger partial charge in [0.1, 0.15) is 0 Å². The summed E-state index contributed by atoms with van der Waals surface area (Å²) < 4.78 is 28.3. The Bertz CT molecular complexity index is 598. The van der Waals surface area contributed by atoms with Gasteiger partial charge in [-0.1, -0.05) is 19.4 Å². The topological polar surface area (TPSA) is 58.2 Å². The highest BCUT2D eigenvalue weighted by Crippen LogP contribution is 2.49. The second kappa shape index (κ2) is 6.77. The number of rotatable bonds is 8. The van der Waals surface area contributed by atoms with E-state index in [1.165, 1.54) is 0 Å². The summed E-state index contributed by atoms with van der Waals surface area (Å²) in [6.07, 6.45) is 4.46. The fourth-order valence-electron chi connectivity index (χ4n) is 2.62. The van der Waals surface area contributed by atoms with Crippen molar-refractivity contribution >= 4 is 26.0 Å². The van der Waals surface area contributed by atoms with Gasteiger partial charge in [-0.2, -0.15) is 0 Å². The number of nitrogens with one attached hydrogen (secondary N) is 2. The Morgan fingerprint density at radius 1 is 1.33 bits per heavy atom. The largest absolute Gasteiger partial charge is 0.316 e. The minimum atomic E-state index is -3.45. The van der Waals surface area contributed by atoms with Crippen molar-refractivity contribution in [1.82, 2.24) is 10.0 Å². The van der Waals surface area contributed by atoms with Gasteiger partial charge in [-0.05, 0) is 65.4 Å². The Labute approximate surface area is 135 Å². The summed E-state index contributed by atoms with van der Waals surface area (Å²) in [6.45, 7) is 3.41. The summed E-state index contributed by atoms with van der Waals surface area (Å²) in [7, 11) is -1.59. The van der Waals surface area contributed by atoms with E-state index >= 15 is 0 Å². The predicted octanol–water partition coefficient (Wildman–Crippen LogP) is 3.03. The molecule has 21 heavy (non-hydrogen) atoms. The Morgan fingerprint density at radius 2 is 2.05 bits per heavy atom. The van der Waals surface area contributed by atoms with Crippen LogP contribution in [0.15, 0.2) is 27.6 Å². The molecule has 0 bridgehead atoms. The highest BCUT2D eigenvalue weighted by atomic mass is 79.9. The molecule has 2 rings (SSSR count). The van der Waals surface area contributed by atoms with Gasteiger partial charge in [0.25, 0.3) is 0 Å². The molecule has 6 heteroatoms. The van der Waals surface area contributed by atoms with Crippen LogP contribution in [-0.4, -0.2) is 22.0 Å². The summed E-state index contributed by atoms with van der Waals surface area (Å²) in [5.74, 6) is 0. The number of benzene rings is 1. The number of hydrogen-bond donors (Lipinski definition) is 2. The maximum atomic E-state index is 12.4. The third-order valence-electron chi connectivity index (χ3n) is 4.04.